The van der Waals surface area contributed by atoms with Crippen LogP contribution in [0.15, 0.2) is 42.1 Å². The SMILES string of the molecule is C=CC(=O)OCC(COC(=O)C=C)c1ccsc1. The number of carbonyl (C=O) groups excluding carboxylic acids is 2. The zero-order chi connectivity index (χ0) is 13.4. The van der Waals surface area contributed by atoms with Crippen LogP contribution in [0.2, 0.25) is 0 Å². The number of ether oxygens (including phenoxy) is 2. The Hall–Kier alpha value is -1.88. The fraction of sp³-hybridized carbons (Fsp3) is 0.231. The molecule has 1 heterocycles. The van der Waals surface area contributed by atoms with Crippen LogP contribution in [-0.4, -0.2) is 25.2 Å². The quantitative estimate of drug-likeness (QED) is 0.561. The largest absolute Gasteiger partial charge is 0.462 e. The average molecular weight is 266 g/mol. The molecule has 0 aliphatic carbocycles. The van der Waals surface area contributed by atoms with Gasteiger partial charge in [0.05, 0.1) is 5.92 Å². The molecule has 96 valence electrons. The predicted molar refractivity (Wildman–Crippen MR) is 69.4 cm³/mol. The van der Waals surface area contributed by atoms with Crippen molar-refractivity contribution in [3.05, 3.63) is 47.7 Å². The maximum Gasteiger partial charge on any atom is 0.330 e. The van der Waals surface area contributed by atoms with E-state index in [0.717, 1.165) is 17.7 Å². The minimum absolute atomic E-state index is 0.145. The molecule has 18 heavy (non-hydrogen) atoms. The normalized spacial score (nSPS) is 9.83. The summed E-state index contributed by atoms with van der Waals surface area (Å²) < 4.78 is 9.95. The summed E-state index contributed by atoms with van der Waals surface area (Å²) in [5, 5.41) is 3.83. The Balaban J connectivity index is 2.58. The molecule has 0 aliphatic heterocycles. The Morgan fingerprint density at radius 1 is 1.22 bits per heavy atom. The van der Waals surface area contributed by atoms with Crippen molar-refractivity contribution >= 4 is 23.3 Å². The molecule has 1 aromatic rings. The van der Waals surface area contributed by atoms with Crippen LogP contribution in [0.4, 0.5) is 0 Å². The van der Waals surface area contributed by atoms with Crippen molar-refractivity contribution in [1.82, 2.24) is 0 Å². The highest BCUT2D eigenvalue weighted by molar-refractivity contribution is 7.07. The van der Waals surface area contributed by atoms with Gasteiger partial charge in [0, 0.05) is 12.2 Å². The lowest BCUT2D eigenvalue weighted by Crippen LogP contribution is -2.17. The van der Waals surface area contributed by atoms with Crippen molar-refractivity contribution in [2.45, 2.75) is 5.92 Å². The molecular formula is C13H14O4S. The van der Waals surface area contributed by atoms with Crippen molar-refractivity contribution in [1.29, 1.82) is 0 Å². The van der Waals surface area contributed by atoms with Gasteiger partial charge in [-0.25, -0.2) is 9.59 Å². The molecule has 0 saturated carbocycles. The van der Waals surface area contributed by atoms with Crippen LogP contribution in [-0.2, 0) is 19.1 Å². The van der Waals surface area contributed by atoms with E-state index in [2.05, 4.69) is 13.2 Å². The molecule has 4 nitrogen and oxygen atoms in total. The topological polar surface area (TPSA) is 52.6 Å². The van der Waals surface area contributed by atoms with Crippen molar-refractivity contribution in [2.24, 2.45) is 0 Å². The highest BCUT2D eigenvalue weighted by Crippen LogP contribution is 2.20. The summed E-state index contributed by atoms with van der Waals surface area (Å²) in [7, 11) is 0. The van der Waals surface area contributed by atoms with E-state index in [0.29, 0.717) is 0 Å². The highest BCUT2D eigenvalue weighted by atomic mass is 32.1. The first-order chi connectivity index (χ1) is 8.67. The van der Waals surface area contributed by atoms with Gasteiger partial charge in [0.15, 0.2) is 0 Å². The zero-order valence-corrected chi connectivity index (χ0v) is 10.7. The molecule has 5 heteroatoms. The molecule has 0 atom stereocenters. The summed E-state index contributed by atoms with van der Waals surface area (Å²) in [5.74, 6) is -1.17. The van der Waals surface area contributed by atoms with E-state index in [1.807, 2.05) is 16.8 Å². The molecular weight excluding hydrogens is 252 g/mol. The van der Waals surface area contributed by atoms with Gasteiger partial charge in [0.1, 0.15) is 13.2 Å². The van der Waals surface area contributed by atoms with Crippen LogP contribution in [0.5, 0.6) is 0 Å². The van der Waals surface area contributed by atoms with Gasteiger partial charge in [-0.2, -0.15) is 11.3 Å². The van der Waals surface area contributed by atoms with Gasteiger partial charge in [-0.15, -0.1) is 0 Å². The Morgan fingerprint density at radius 3 is 2.17 bits per heavy atom. The molecule has 0 fully saturated rings. The minimum Gasteiger partial charge on any atom is -0.462 e. The average Bonchev–Trinajstić information content (AvgIpc) is 2.91. The Bertz CT molecular complexity index is 398. The van der Waals surface area contributed by atoms with Gasteiger partial charge in [0.2, 0.25) is 0 Å². The Kier molecular flexibility index (Phi) is 5.87. The first-order valence-electron chi connectivity index (χ1n) is 5.27. The fourth-order valence-corrected chi connectivity index (χ4v) is 1.97. The second-order valence-corrected chi connectivity index (χ2v) is 4.20. The summed E-state index contributed by atoms with van der Waals surface area (Å²) in [5.41, 5.74) is 0.966. The Labute approximate surface area is 110 Å². The van der Waals surface area contributed by atoms with Crippen LogP contribution in [0.3, 0.4) is 0 Å². The van der Waals surface area contributed by atoms with Gasteiger partial charge in [-0.3, -0.25) is 0 Å². The van der Waals surface area contributed by atoms with Gasteiger partial charge in [0.25, 0.3) is 0 Å². The Morgan fingerprint density at radius 2 is 1.78 bits per heavy atom. The third-order valence-electron chi connectivity index (χ3n) is 2.20. The van der Waals surface area contributed by atoms with Gasteiger partial charge >= 0.3 is 11.9 Å². The van der Waals surface area contributed by atoms with Gasteiger partial charge in [-0.05, 0) is 22.4 Å². The third-order valence-corrected chi connectivity index (χ3v) is 2.90. The summed E-state index contributed by atoms with van der Waals surface area (Å²) in [6.45, 7) is 6.93. The maximum absolute atomic E-state index is 11.0. The first-order valence-corrected chi connectivity index (χ1v) is 6.22. The van der Waals surface area contributed by atoms with E-state index >= 15 is 0 Å². The van der Waals surface area contributed by atoms with Crippen LogP contribution in [0, 0.1) is 0 Å². The fourth-order valence-electron chi connectivity index (χ4n) is 1.23. The lowest BCUT2D eigenvalue weighted by atomic mass is 10.1. The minimum atomic E-state index is -0.495. The summed E-state index contributed by atoms with van der Waals surface area (Å²) in [6.07, 6.45) is 2.20. The molecule has 0 aromatic carbocycles. The van der Waals surface area contributed by atoms with E-state index < -0.39 is 11.9 Å². The maximum atomic E-state index is 11.0. The monoisotopic (exact) mass is 266 g/mol. The number of esters is 2. The second kappa shape index (κ2) is 7.45. The second-order valence-electron chi connectivity index (χ2n) is 3.42. The number of thiophene rings is 1. The number of hydrogen-bond donors (Lipinski definition) is 0. The summed E-state index contributed by atoms with van der Waals surface area (Å²) in [4.78, 5) is 22.0. The smallest absolute Gasteiger partial charge is 0.330 e. The van der Waals surface area contributed by atoms with E-state index in [-0.39, 0.29) is 19.1 Å². The molecule has 0 spiro atoms. The van der Waals surface area contributed by atoms with Gasteiger partial charge < -0.3 is 9.47 Å². The lowest BCUT2D eigenvalue weighted by molar-refractivity contribution is -0.141. The number of hydrogen-bond acceptors (Lipinski definition) is 5. The first kappa shape index (κ1) is 14.2. The van der Waals surface area contributed by atoms with E-state index in [1.165, 1.54) is 11.3 Å². The molecule has 0 bridgehead atoms. The molecule has 0 saturated heterocycles. The van der Waals surface area contributed by atoms with Crippen LogP contribution in [0.1, 0.15) is 11.5 Å². The molecule has 0 amide bonds. The predicted octanol–water partition coefficient (Wildman–Crippen LogP) is 2.29. The van der Waals surface area contributed by atoms with Crippen molar-refractivity contribution in [3.63, 3.8) is 0 Å². The lowest BCUT2D eigenvalue weighted by Gasteiger charge is -2.15. The molecule has 1 aromatic heterocycles. The van der Waals surface area contributed by atoms with E-state index in [9.17, 15) is 9.59 Å². The summed E-state index contributed by atoms with van der Waals surface area (Å²) in [6, 6.07) is 1.90. The molecule has 0 aliphatic rings. The summed E-state index contributed by atoms with van der Waals surface area (Å²) >= 11 is 1.53. The van der Waals surface area contributed by atoms with E-state index in [4.69, 9.17) is 9.47 Å². The molecule has 1 rings (SSSR count). The van der Waals surface area contributed by atoms with Crippen molar-refractivity contribution in [2.75, 3.05) is 13.2 Å². The molecule has 0 radical (unpaired) electrons. The number of rotatable bonds is 7. The van der Waals surface area contributed by atoms with Crippen molar-refractivity contribution < 1.29 is 19.1 Å². The van der Waals surface area contributed by atoms with Crippen molar-refractivity contribution in [3.8, 4) is 0 Å². The van der Waals surface area contributed by atoms with Crippen LogP contribution >= 0.6 is 11.3 Å². The van der Waals surface area contributed by atoms with E-state index in [1.54, 1.807) is 0 Å². The zero-order valence-electron chi connectivity index (χ0n) is 9.83. The van der Waals surface area contributed by atoms with Crippen LogP contribution < -0.4 is 0 Å². The van der Waals surface area contributed by atoms with Crippen LogP contribution in [0.25, 0.3) is 0 Å². The highest BCUT2D eigenvalue weighted by Gasteiger charge is 2.16. The van der Waals surface area contributed by atoms with Gasteiger partial charge in [-0.1, -0.05) is 13.2 Å². The number of carbonyl (C=O) groups is 2. The molecule has 0 unspecified atom stereocenters. The third kappa shape index (κ3) is 4.55. The standard InChI is InChI=1S/C13H14O4S/c1-3-12(14)16-7-11(8-17-13(15)4-2)10-5-6-18-9-10/h3-6,9,11H,1-2,7-8H2. The molecule has 0 N–H and O–H groups in total.